The number of rotatable bonds is 4. The predicted octanol–water partition coefficient (Wildman–Crippen LogP) is 7.03. The van der Waals surface area contributed by atoms with Crippen LogP contribution in [0.4, 0.5) is 0 Å². The second-order valence-corrected chi connectivity index (χ2v) is 14.0. The summed E-state index contributed by atoms with van der Waals surface area (Å²) in [5, 5.41) is 7.43. The zero-order chi connectivity index (χ0) is 24.7. The summed E-state index contributed by atoms with van der Waals surface area (Å²) in [5.74, 6) is 0. The Hall–Kier alpha value is -4.03. The first-order valence-corrected chi connectivity index (χ1v) is 14.9. The molecule has 0 amide bonds. The molecule has 1 aliphatic rings. The van der Waals surface area contributed by atoms with Gasteiger partial charge in [0, 0.05) is 0 Å². The molecule has 6 aromatic carbocycles. The van der Waals surface area contributed by atoms with Gasteiger partial charge in [0.05, 0.1) is 0 Å². The Morgan fingerprint density at radius 2 is 0.919 bits per heavy atom. The zero-order valence-corrected chi connectivity index (χ0v) is 21.3. The van der Waals surface area contributed by atoms with Gasteiger partial charge in [0.15, 0.2) is 0 Å². The van der Waals surface area contributed by atoms with Gasteiger partial charge in [-0.1, -0.05) is 0 Å². The number of fused-ring (bicyclic) bond motifs is 2. The molecule has 1 heterocycles. The third-order valence-corrected chi connectivity index (χ3v) is 13.6. The monoisotopic (exact) mass is 494 g/mol. The summed E-state index contributed by atoms with van der Waals surface area (Å²) in [6.07, 6.45) is -0.195. The van der Waals surface area contributed by atoms with Crippen LogP contribution in [-0.2, 0) is 4.52 Å². The Labute approximate surface area is 218 Å². The molecule has 6 aromatic rings. The van der Waals surface area contributed by atoms with E-state index in [0.29, 0.717) is 0 Å². The molecular formula is C35H27OP. The maximum atomic E-state index is 7.83. The first kappa shape index (κ1) is 22.2. The van der Waals surface area contributed by atoms with E-state index in [2.05, 4.69) is 158 Å². The molecule has 2 heteroatoms. The zero-order valence-electron chi connectivity index (χ0n) is 20.4. The van der Waals surface area contributed by atoms with Crippen LogP contribution >= 0.6 is 6.83 Å². The Morgan fingerprint density at radius 1 is 0.432 bits per heavy atom. The molecule has 37 heavy (non-hydrogen) atoms. The predicted molar refractivity (Wildman–Crippen MR) is 158 cm³/mol. The van der Waals surface area contributed by atoms with Crippen molar-refractivity contribution in [3.8, 4) is 0 Å². The summed E-state index contributed by atoms with van der Waals surface area (Å²) in [5.41, 5.74) is 2.42. The Kier molecular flexibility index (Phi) is 5.11. The van der Waals surface area contributed by atoms with Crippen LogP contribution in [0.2, 0.25) is 0 Å². The van der Waals surface area contributed by atoms with Crippen LogP contribution in [0, 0.1) is 0 Å². The second-order valence-electron chi connectivity index (χ2n) is 9.69. The normalized spacial score (nSPS) is 18.5. The summed E-state index contributed by atoms with van der Waals surface area (Å²) in [6.45, 7) is -3.58. The summed E-state index contributed by atoms with van der Waals surface area (Å²) < 4.78 is 7.83. The molecule has 0 radical (unpaired) electrons. The Morgan fingerprint density at radius 3 is 1.51 bits per heavy atom. The second kappa shape index (κ2) is 8.53. The SMILES string of the molecule is c1ccc(P2(c3ccccc3)(c3ccccc3)O[C@@H](c3ccc4ccccc4c3)c3ccccc32)cc1. The molecule has 0 aliphatic carbocycles. The number of hydrogen-bond acceptors (Lipinski definition) is 1. The average Bonchev–Trinajstić information content (AvgIpc) is 3.32. The van der Waals surface area contributed by atoms with Crippen molar-refractivity contribution >= 4 is 38.8 Å². The van der Waals surface area contributed by atoms with E-state index in [0.717, 1.165) is 0 Å². The van der Waals surface area contributed by atoms with Crippen LogP contribution in [0.25, 0.3) is 10.8 Å². The van der Waals surface area contributed by atoms with Gasteiger partial charge in [0.1, 0.15) is 0 Å². The van der Waals surface area contributed by atoms with Gasteiger partial charge in [-0.2, -0.15) is 0 Å². The molecular weight excluding hydrogens is 467 g/mol. The van der Waals surface area contributed by atoms with Crippen LogP contribution in [0.3, 0.4) is 0 Å². The van der Waals surface area contributed by atoms with Crippen molar-refractivity contribution in [2.45, 2.75) is 6.10 Å². The van der Waals surface area contributed by atoms with Gasteiger partial charge in [-0.3, -0.25) is 0 Å². The summed E-state index contributed by atoms with van der Waals surface area (Å²) in [6, 6.07) is 56.9. The van der Waals surface area contributed by atoms with Crippen molar-refractivity contribution < 1.29 is 4.52 Å². The molecule has 0 unspecified atom stereocenters. The van der Waals surface area contributed by atoms with Crippen LogP contribution in [0.1, 0.15) is 17.2 Å². The summed E-state index contributed by atoms with van der Waals surface area (Å²) in [7, 11) is 0. The van der Waals surface area contributed by atoms with E-state index in [9.17, 15) is 0 Å². The Balaban J connectivity index is 1.63. The van der Waals surface area contributed by atoms with Gasteiger partial charge in [0.25, 0.3) is 0 Å². The molecule has 0 bridgehead atoms. The molecule has 0 saturated carbocycles. The van der Waals surface area contributed by atoms with Crippen LogP contribution in [0.5, 0.6) is 0 Å². The van der Waals surface area contributed by atoms with E-state index in [4.69, 9.17) is 4.52 Å². The van der Waals surface area contributed by atoms with Crippen LogP contribution < -0.4 is 21.2 Å². The molecule has 0 saturated heterocycles. The fraction of sp³-hybridized carbons (Fsp3) is 0.0286. The standard InChI is InChI=1S/C35H27OP/c1-4-16-30(17-5-1)37(31-18-6-2-7-19-31,32-20-8-3-9-21-32)34-23-13-12-22-33(34)35(36-37)29-25-24-27-14-10-11-15-28(27)26-29/h1-26,35H/t35-/m0/s1. The van der Waals surface area contributed by atoms with Gasteiger partial charge >= 0.3 is 218 Å². The topological polar surface area (TPSA) is 9.23 Å². The Bertz CT molecular complexity index is 1610. The fourth-order valence-electron chi connectivity index (χ4n) is 6.22. The first-order valence-electron chi connectivity index (χ1n) is 12.8. The molecule has 178 valence electrons. The molecule has 1 nitrogen and oxygen atoms in total. The minimum atomic E-state index is -3.58. The molecule has 0 N–H and O–H groups in total. The molecule has 1 atom stereocenters. The molecule has 0 fully saturated rings. The van der Waals surface area contributed by atoms with Crippen molar-refractivity contribution in [3.05, 3.63) is 169 Å². The molecule has 7 rings (SSSR count). The fourth-order valence-corrected chi connectivity index (χ4v) is 12.4. The molecule has 1 aliphatic heterocycles. The number of hydrogen-bond donors (Lipinski definition) is 0. The molecule has 0 aromatic heterocycles. The third-order valence-electron chi connectivity index (χ3n) is 7.82. The van der Waals surface area contributed by atoms with Gasteiger partial charge in [0.2, 0.25) is 0 Å². The van der Waals surface area contributed by atoms with E-state index in [1.54, 1.807) is 0 Å². The van der Waals surface area contributed by atoms with E-state index in [1.165, 1.54) is 43.1 Å². The van der Waals surface area contributed by atoms with Crippen molar-refractivity contribution in [2.75, 3.05) is 0 Å². The van der Waals surface area contributed by atoms with Crippen molar-refractivity contribution in [1.82, 2.24) is 0 Å². The van der Waals surface area contributed by atoms with Crippen molar-refractivity contribution in [3.63, 3.8) is 0 Å². The molecule has 0 spiro atoms. The van der Waals surface area contributed by atoms with Gasteiger partial charge in [-0.15, -0.1) is 0 Å². The van der Waals surface area contributed by atoms with Gasteiger partial charge in [-0.25, -0.2) is 0 Å². The van der Waals surface area contributed by atoms with E-state index in [-0.39, 0.29) is 6.10 Å². The van der Waals surface area contributed by atoms with Gasteiger partial charge in [-0.05, 0) is 0 Å². The van der Waals surface area contributed by atoms with Crippen LogP contribution in [-0.4, -0.2) is 0 Å². The first-order chi connectivity index (χ1) is 18.3. The number of benzene rings is 6. The average molecular weight is 495 g/mol. The van der Waals surface area contributed by atoms with Crippen LogP contribution in [0.15, 0.2) is 158 Å². The summed E-state index contributed by atoms with van der Waals surface area (Å²) >= 11 is 0. The van der Waals surface area contributed by atoms with E-state index < -0.39 is 6.83 Å². The maximum absolute atomic E-state index is 7.83. The van der Waals surface area contributed by atoms with Crippen molar-refractivity contribution in [2.24, 2.45) is 0 Å². The van der Waals surface area contributed by atoms with Gasteiger partial charge < -0.3 is 0 Å². The minimum absolute atomic E-state index is 0.195. The van der Waals surface area contributed by atoms with E-state index in [1.807, 2.05) is 0 Å². The van der Waals surface area contributed by atoms with E-state index >= 15 is 0 Å². The van der Waals surface area contributed by atoms with Crippen molar-refractivity contribution in [1.29, 1.82) is 0 Å². The quantitative estimate of drug-likeness (QED) is 0.239. The third kappa shape index (κ3) is 3.05. The summed E-state index contributed by atoms with van der Waals surface area (Å²) in [4.78, 5) is 0.